The second-order valence-corrected chi connectivity index (χ2v) is 15.8. The first-order valence-corrected chi connectivity index (χ1v) is 23.9. The molecule has 0 amide bonds. The fourth-order valence-electron chi connectivity index (χ4n) is 6.32. The minimum absolute atomic E-state index is 0. The Morgan fingerprint density at radius 3 is 0.439 bits per heavy atom. The molecule has 0 aromatic heterocycles. The first kappa shape index (κ1) is 64.7. The SMILES string of the molecule is CCCCCCCCCCCC(=O)[O-].CCCCCCCCCCCC(=O)[O-].CCCCCCCCCCCC(=O)[O-].CCCCCCCCCCCC(=O)[O-].[Ir]. The molecule has 0 atom stereocenters. The number of carbonyl (C=O) groups excluding carboxylic acids is 4. The van der Waals surface area contributed by atoms with Crippen molar-refractivity contribution < 1.29 is 59.7 Å². The molecule has 0 bridgehead atoms. The summed E-state index contributed by atoms with van der Waals surface area (Å²) in [7, 11) is 0. The van der Waals surface area contributed by atoms with E-state index in [9.17, 15) is 39.6 Å². The topological polar surface area (TPSA) is 161 Å². The van der Waals surface area contributed by atoms with E-state index in [4.69, 9.17) is 0 Å². The molecule has 0 heterocycles. The van der Waals surface area contributed by atoms with Gasteiger partial charge in [-0.1, -0.05) is 233 Å². The number of unbranched alkanes of at least 4 members (excludes halogenated alkanes) is 32. The zero-order valence-corrected chi connectivity index (χ0v) is 40.3. The van der Waals surface area contributed by atoms with Gasteiger partial charge in [0.1, 0.15) is 0 Å². The predicted octanol–water partition coefficient (Wildman–Crippen LogP) is 10.6. The van der Waals surface area contributed by atoms with Gasteiger partial charge in [0, 0.05) is 44.0 Å². The number of rotatable bonds is 40. The average molecular weight is 989 g/mol. The van der Waals surface area contributed by atoms with Gasteiger partial charge in [0.25, 0.3) is 0 Å². The molecule has 0 aliphatic rings. The fraction of sp³-hybridized carbons (Fsp3) is 0.917. The maximum Gasteiger partial charge on any atom is 0.0414 e. The van der Waals surface area contributed by atoms with E-state index in [1.165, 1.54) is 180 Å². The molecule has 0 aromatic carbocycles. The summed E-state index contributed by atoms with van der Waals surface area (Å²) in [6, 6.07) is 0. The Labute approximate surface area is 366 Å². The zero-order valence-electron chi connectivity index (χ0n) is 37.9. The van der Waals surface area contributed by atoms with Crippen LogP contribution in [0.1, 0.15) is 285 Å². The Bertz CT molecular complexity index is 664. The van der Waals surface area contributed by atoms with Gasteiger partial charge in [-0.15, -0.1) is 0 Å². The van der Waals surface area contributed by atoms with Crippen LogP contribution in [0.15, 0.2) is 0 Å². The van der Waals surface area contributed by atoms with Crippen LogP contribution in [0.4, 0.5) is 0 Å². The molecule has 0 rings (SSSR count). The Hall–Kier alpha value is -1.47. The third-order valence-corrected chi connectivity index (χ3v) is 9.94. The van der Waals surface area contributed by atoms with Crippen molar-refractivity contribution in [1.82, 2.24) is 0 Å². The molecule has 1 radical (unpaired) electrons. The fourth-order valence-corrected chi connectivity index (χ4v) is 6.32. The molecule has 0 aliphatic heterocycles. The van der Waals surface area contributed by atoms with E-state index in [1.807, 2.05) is 0 Å². The van der Waals surface area contributed by atoms with E-state index < -0.39 is 23.9 Å². The van der Waals surface area contributed by atoms with Gasteiger partial charge < -0.3 is 39.6 Å². The molecule has 57 heavy (non-hydrogen) atoms. The van der Waals surface area contributed by atoms with Crippen LogP contribution in [0, 0.1) is 0 Å². The average Bonchev–Trinajstić information content (AvgIpc) is 3.15. The molecular formula is C48H92IrO8-4. The molecule has 0 N–H and O–H groups in total. The molecule has 9 heteroatoms. The summed E-state index contributed by atoms with van der Waals surface area (Å²) in [5, 5.41) is 40.4. The van der Waals surface area contributed by atoms with Crippen LogP contribution in [0.25, 0.3) is 0 Å². The van der Waals surface area contributed by atoms with Gasteiger partial charge in [0.2, 0.25) is 0 Å². The number of carboxylic acids is 4. The van der Waals surface area contributed by atoms with Gasteiger partial charge in [-0.3, -0.25) is 0 Å². The smallest absolute Gasteiger partial charge is 0.0414 e. The monoisotopic (exact) mass is 990 g/mol. The van der Waals surface area contributed by atoms with Crippen molar-refractivity contribution >= 4 is 23.9 Å². The third-order valence-electron chi connectivity index (χ3n) is 9.94. The van der Waals surface area contributed by atoms with E-state index in [1.54, 1.807) is 0 Å². The molecule has 345 valence electrons. The summed E-state index contributed by atoms with van der Waals surface area (Å²) in [4.78, 5) is 40.4. The second-order valence-electron chi connectivity index (χ2n) is 15.8. The van der Waals surface area contributed by atoms with Crippen molar-refractivity contribution in [3.8, 4) is 0 Å². The maximum atomic E-state index is 10.1. The van der Waals surface area contributed by atoms with Crippen LogP contribution in [0.5, 0.6) is 0 Å². The zero-order chi connectivity index (χ0) is 42.6. The molecule has 0 saturated heterocycles. The third kappa shape index (κ3) is 83.2. The summed E-state index contributed by atoms with van der Waals surface area (Å²) in [5.41, 5.74) is 0. The Morgan fingerprint density at radius 2 is 0.333 bits per heavy atom. The van der Waals surface area contributed by atoms with E-state index in [-0.39, 0.29) is 45.8 Å². The Balaban J connectivity index is -0.000000210. The second kappa shape index (κ2) is 61.2. The van der Waals surface area contributed by atoms with Crippen molar-refractivity contribution in [3.63, 3.8) is 0 Å². The summed E-state index contributed by atoms with van der Waals surface area (Å²) in [6.07, 6.45) is 44.7. The van der Waals surface area contributed by atoms with E-state index in [2.05, 4.69) is 27.7 Å². The predicted molar refractivity (Wildman–Crippen MR) is 227 cm³/mol. The summed E-state index contributed by atoms with van der Waals surface area (Å²) in [5.74, 6) is -3.64. The van der Waals surface area contributed by atoms with Crippen molar-refractivity contribution in [2.45, 2.75) is 285 Å². The van der Waals surface area contributed by atoms with Crippen LogP contribution >= 0.6 is 0 Å². The minimum atomic E-state index is -0.909. The molecule has 0 aromatic rings. The van der Waals surface area contributed by atoms with Gasteiger partial charge in [-0.05, 0) is 51.4 Å². The van der Waals surface area contributed by atoms with E-state index in [0.717, 1.165) is 51.4 Å². The van der Waals surface area contributed by atoms with Crippen molar-refractivity contribution in [2.24, 2.45) is 0 Å². The minimum Gasteiger partial charge on any atom is -0.550 e. The molecular weight excluding hydrogens is 897 g/mol. The summed E-state index contributed by atoms with van der Waals surface area (Å²) >= 11 is 0. The van der Waals surface area contributed by atoms with E-state index in [0.29, 0.717) is 0 Å². The number of carbonyl (C=O) groups is 4. The van der Waals surface area contributed by atoms with Gasteiger partial charge in [0.15, 0.2) is 0 Å². The van der Waals surface area contributed by atoms with Gasteiger partial charge >= 0.3 is 0 Å². The van der Waals surface area contributed by atoms with Crippen molar-refractivity contribution in [3.05, 3.63) is 0 Å². The van der Waals surface area contributed by atoms with Crippen LogP contribution in [0.3, 0.4) is 0 Å². The first-order valence-electron chi connectivity index (χ1n) is 23.9. The summed E-state index contributed by atoms with van der Waals surface area (Å²) < 4.78 is 0. The van der Waals surface area contributed by atoms with Crippen LogP contribution in [-0.2, 0) is 39.3 Å². The van der Waals surface area contributed by atoms with Crippen LogP contribution in [0.2, 0.25) is 0 Å². The summed E-state index contributed by atoms with van der Waals surface area (Å²) in [6.45, 7) is 8.89. The van der Waals surface area contributed by atoms with Gasteiger partial charge in [-0.2, -0.15) is 0 Å². The van der Waals surface area contributed by atoms with Gasteiger partial charge in [-0.25, -0.2) is 0 Å². The Kier molecular flexibility index (Phi) is 69.4. The normalized spacial score (nSPS) is 10.2. The van der Waals surface area contributed by atoms with Crippen LogP contribution in [-0.4, -0.2) is 23.9 Å². The largest absolute Gasteiger partial charge is 0.550 e. The molecule has 0 unspecified atom stereocenters. The number of hydrogen-bond acceptors (Lipinski definition) is 8. The van der Waals surface area contributed by atoms with Crippen molar-refractivity contribution in [2.75, 3.05) is 0 Å². The number of aliphatic carboxylic acids is 4. The van der Waals surface area contributed by atoms with Crippen molar-refractivity contribution in [1.29, 1.82) is 0 Å². The molecule has 8 nitrogen and oxygen atoms in total. The molecule has 0 aliphatic carbocycles. The van der Waals surface area contributed by atoms with Gasteiger partial charge in [0.05, 0.1) is 0 Å². The maximum absolute atomic E-state index is 10.1. The standard InChI is InChI=1S/4C12H24O2.Ir/c4*1-2-3-4-5-6-7-8-9-10-11-12(13)14;/h4*2-11H2,1H3,(H,13,14);/p-4. The van der Waals surface area contributed by atoms with Crippen LogP contribution < -0.4 is 20.4 Å². The molecule has 0 spiro atoms. The Morgan fingerprint density at radius 1 is 0.228 bits per heavy atom. The molecule has 0 fully saturated rings. The number of hydrogen-bond donors (Lipinski definition) is 0. The molecule has 0 saturated carbocycles. The first-order chi connectivity index (χ1) is 27.1. The number of carboxylic acid groups (broad SMARTS) is 4. The quantitative estimate of drug-likeness (QED) is 0.0548. The van der Waals surface area contributed by atoms with E-state index >= 15 is 0 Å².